The molecule has 0 aliphatic carbocycles. The lowest BCUT2D eigenvalue weighted by Gasteiger charge is -2.22. The topological polar surface area (TPSA) is 57.6 Å². The van der Waals surface area contributed by atoms with Gasteiger partial charge in [0, 0.05) is 13.1 Å². The van der Waals surface area contributed by atoms with Crippen LogP contribution in [0.25, 0.3) is 0 Å². The van der Waals surface area contributed by atoms with Gasteiger partial charge in [0.25, 0.3) is 0 Å². The highest BCUT2D eigenvalue weighted by atomic mass is 32.2. The van der Waals surface area contributed by atoms with E-state index in [2.05, 4.69) is 0 Å². The first-order valence-corrected chi connectivity index (χ1v) is 8.04. The van der Waals surface area contributed by atoms with Gasteiger partial charge in [-0.2, -0.15) is 4.31 Å². The van der Waals surface area contributed by atoms with Crippen LogP contribution in [0.3, 0.4) is 0 Å². The van der Waals surface area contributed by atoms with E-state index in [-0.39, 0.29) is 0 Å². The standard InChI is InChI=1S/C14H21NO3S/c1-12-4-6-13(7-5-12)19(17,18)15-10-3-8-14(2,16)9-11-15/h4-7,16H,3,8-11H2,1-2H3. The molecule has 2 rings (SSSR count). The van der Waals surface area contributed by atoms with Crippen LogP contribution in [0.15, 0.2) is 29.2 Å². The Morgan fingerprint density at radius 3 is 2.42 bits per heavy atom. The van der Waals surface area contributed by atoms with Crippen LogP contribution in [-0.4, -0.2) is 36.5 Å². The molecule has 4 nitrogen and oxygen atoms in total. The minimum atomic E-state index is -3.43. The average Bonchev–Trinajstić information content (AvgIpc) is 2.51. The van der Waals surface area contributed by atoms with E-state index in [0.717, 1.165) is 5.56 Å². The van der Waals surface area contributed by atoms with Crippen LogP contribution in [0.1, 0.15) is 31.7 Å². The molecule has 0 spiro atoms. The second kappa shape index (κ2) is 5.23. The normalized spacial score (nSPS) is 26.1. The summed E-state index contributed by atoms with van der Waals surface area (Å²) in [5.74, 6) is 0. The van der Waals surface area contributed by atoms with Crippen molar-refractivity contribution in [2.24, 2.45) is 0 Å². The number of hydrogen-bond acceptors (Lipinski definition) is 3. The SMILES string of the molecule is Cc1ccc(S(=O)(=O)N2CCCC(C)(O)CC2)cc1. The number of hydrogen-bond donors (Lipinski definition) is 1. The summed E-state index contributed by atoms with van der Waals surface area (Å²) in [6.45, 7) is 4.56. The lowest BCUT2D eigenvalue weighted by Crippen LogP contribution is -2.33. The molecule has 0 bridgehead atoms. The third-order valence-corrected chi connectivity index (χ3v) is 5.59. The lowest BCUT2D eigenvalue weighted by atomic mass is 9.98. The van der Waals surface area contributed by atoms with Crippen LogP contribution in [0, 0.1) is 6.92 Å². The number of benzene rings is 1. The van der Waals surface area contributed by atoms with Crippen LogP contribution in [0.2, 0.25) is 0 Å². The fourth-order valence-corrected chi connectivity index (χ4v) is 3.82. The molecule has 1 unspecified atom stereocenters. The van der Waals surface area contributed by atoms with Crippen molar-refractivity contribution in [2.45, 2.75) is 43.6 Å². The highest BCUT2D eigenvalue weighted by Crippen LogP contribution is 2.25. The Hall–Kier alpha value is -0.910. The van der Waals surface area contributed by atoms with Gasteiger partial charge in [-0.05, 0) is 45.2 Å². The van der Waals surface area contributed by atoms with E-state index in [0.29, 0.717) is 37.2 Å². The first kappa shape index (κ1) is 14.5. The first-order chi connectivity index (χ1) is 8.81. The third kappa shape index (κ3) is 3.35. The van der Waals surface area contributed by atoms with Crippen molar-refractivity contribution >= 4 is 10.0 Å². The first-order valence-electron chi connectivity index (χ1n) is 6.60. The number of rotatable bonds is 2. The molecular formula is C14H21NO3S. The molecule has 1 aliphatic heterocycles. The summed E-state index contributed by atoms with van der Waals surface area (Å²) >= 11 is 0. The van der Waals surface area contributed by atoms with Crippen molar-refractivity contribution in [1.82, 2.24) is 4.31 Å². The van der Waals surface area contributed by atoms with Gasteiger partial charge in [0.05, 0.1) is 10.5 Å². The van der Waals surface area contributed by atoms with Crippen LogP contribution in [0.4, 0.5) is 0 Å². The predicted molar refractivity (Wildman–Crippen MR) is 74.4 cm³/mol. The fourth-order valence-electron chi connectivity index (χ4n) is 2.34. The van der Waals surface area contributed by atoms with Gasteiger partial charge in [-0.15, -0.1) is 0 Å². The zero-order chi connectivity index (χ0) is 14.1. The van der Waals surface area contributed by atoms with Crippen LogP contribution in [-0.2, 0) is 10.0 Å². The molecule has 0 amide bonds. The second-order valence-corrected chi connectivity index (χ2v) is 7.51. The van der Waals surface area contributed by atoms with Crippen molar-refractivity contribution in [1.29, 1.82) is 0 Å². The molecule has 5 heteroatoms. The van der Waals surface area contributed by atoms with Crippen molar-refractivity contribution in [2.75, 3.05) is 13.1 Å². The number of aliphatic hydroxyl groups is 1. The van der Waals surface area contributed by atoms with E-state index in [4.69, 9.17) is 0 Å². The Morgan fingerprint density at radius 2 is 1.79 bits per heavy atom. The maximum absolute atomic E-state index is 12.5. The molecule has 1 aromatic rings. The van der Waals surface area contributed by atoms with Gasteiger partial charge in [0.1, 0.15) is 0 Å². The van der Waals surface area contributed by atoms with Gasteiger partial charge in [0.2, 0.25) is 10.0 Å². The predicted octanol–water partition coefficient (Wildman–Crippen LogP) is 1.92. The van der Waals surface area contributed by atoms with E-state index in [1.165, 1.54) is 4.31 Å². The summed E-state index contributed by atoms with van der Waals surface area (Å²) < 4.78 is 26.5. The zero-order valence-electron chi connectivity index (χ0n) is 11.5. The van der Waals surface area contributed by atoms with Crippen molar-refractivity contribution in [3.63, 3.8) is 0 Å². The molecule has 106 valence electrons. The molecule has 0 aromatic heterocycles. The van der Waals surface area contributed by atoms with Gasteiger partial charge in [0.15, 0.2) is 0 Å². The Bertz CT molecular complexity index is 534. The van der Waals surface area contributed by atoms with Crippen LogP contribution in [0.5, 0.6) is 0 Å². The smallest absolute Gasteiger partial charge is 0.243 e. The largest absolute Gasteiger partial charge is 0.390 e. The third-order valence-electron chi connectivity index (χ3n) is 3.68. The summed E-state index contributed by atoms with van der Waals surface area (Å²) in [6.07, 6.45) is 1.82. The molecule has 19 heavy (non-hydrogen) atoms. The molecule has 1 atom stereocenters. The van der Waals surface area contributed by atoms with E-state index in [9.17, 15) is 13.5 Å². The molecule has 1 heterocycles. The monoisotopic (exact) mass is 283 g/mol. The summed E-state index contributed by atoms with van der Waals surface area (Å²) in [7, 11) is -3.43. The zero-order valence-corrected chi connectivity index (χ0v) is 12.3. The molecule has 0 saturated carbocycles. The van der Waals surface area contributed by atoms with Crippen molar-refractivity contribution < 1.29 is 13.5 Å². The lowest BCUT2D eigenvalue weighted by molar-refractivity contribution is 0.0465. The van der Waals surface area contributed by atoms with Crippen molar-refractivity contribution in [3.8, 4) is 0 Å². The summed E-state index contributed by atoms with van der Waals surface area (Å²) in [5.41, 5.74) is 0.287. The summed E-state index contributed by atoms with van der Waals surface area (Å²) in [6, 6.07) is 6.91. The minimum absolute atomic E-state index is 0.333. The van der Waals surface area contributed by atoms with E-state index in [1.54, 1.807) is 31.2 Å². The van der Waals surface area contributed by atoms with Gasteiger partial charge < -0.3 is 5.11 Å². The maximum Gasteiger partial charge on any atom is 0.243 e. The molecule has 1 aliphatic rings. The second-order valence-electron chi connectivity index (χ2n) is 5.57. The van der Waals surface area contributed by atoms with E-state index < -0.39 is 15.6 Å². The van der Waals surface area contributed by atoms with Gasteiger partial charge >= 0.3 is 0 Å². The fraction of sp³-hybridized carbons (Fsp3) is 0.571. The van der Waals surface area contributed by atoms with Gasteiger partial charge in [-0.25, -0.2) is 8.42 Å². The molecule has 1 fully saturated rings. The molecule has 1 saturated heterocycles. The average molecular weight is 283 g/mol. The number of sulfonamides is 1. The summed E-state index contributed by atoms with van der Waals surface area (Å²) in [4.78, 5) is 0.333. The Labute approximate surface area is 115 Å². The number of nitrogens with zero attached hydrogens (tertiary/aromatic N) is 1. The Kier molecular flexibility index (Phi) is 3.99. The molecular weight excluding hydrogens is 262 g/mol. The maximum atomic E-state index is 12.5. The van der Waals surface area contributed by atoms with Crippen LogP contribution >= 0.6 is 0 Å². The quantitative estimate of drug-likeness (QED) is 0.902. The highest BCUT2D eigenvalue weighted by Gasteiger charge is 2.31. The minimum Gasteiger partial charge on any atom is -0.390 e. The van der Waals surface area contributed by atoms with Crippen molar-refractivity contribution in [3.05, 3.63) is 29.8 Å². The van der Waals surface area contributed by atoms with Crippen LogP contribution < -0.4 is 0 Å². The van der Waals surface area contributed by atoms with Gasteiger partial charge in [-0.3, -0.25) is 0 Å². The van der Waals surface area contributed by atoms with Gasteiger partial charge in [-0.1, -0.05) is 17.7 Å². The van der Waals surface area contributed by atoms with E-state index in [1.807, 2.05) is 6.92 Å². The Balaban J connectivity index is 2.22. The van der Waals surface area contributed by atoms with E-state index >= 15 is 0 Å². The number of aryl methyl sites for hydroxylation is 1. The molecule has 1 aromatic carbocycles. The highest BCUT2D eigenvalue weighted by molar-refractivity contribution is 7.89. The summed E-state index contributed by atoms with van der Waals surface area (Å²) in [5, 5.41) is 10.0. The Morgan fingerprint density at radius 1 is 1.16 bits per heavy atom. The molecule has 1 N–H and O–H groups in total. The molecule has 0 radical (unpaired) electrons.